The molecule has 0 aliphatic carbocycles. The Morgan fingerprint density at radius 1 is 1.00 bits per heavy atom. The Hall–Kier alpha value is -1.45. The van der Waals surface area contributed by atoms with E-state index in [0.717, 1.165) is 48.0 Å². The van der Waals surface area contributed by atoms with Crippen LogP contribution in [0.5, 0.6) is 11.5 Å². The molecule has 2 aromatic rings. The van der Waals surface area contributed by atoms with Gasteiger partial charge in [0.2, 0.25) is 0 Å². The molecule has 2 aromatic carbocycles. The fourth-order valence-electron chi connectivity index (χ4n) is 2.54. The molecule has 0 aliphatic rings. The van der Waals surface area contributed by atoms with Crippen LogP contribution in [0.15, 0.2) is 36.4 Å². The quantitative estimate of drug-likeness (QED) is 0.501. The molecule has 0 saturated heterocycles. The van der Waals surface area contributed by atoms with Crippen LogP contribution in [0.1, 0.15) is 32.6 Å². The van der Waals surface area contributed by atoms with Gasteiger partial charge in [0.25, 0.3) is 0 Å². The Balaban J connectivity index is 2.06. The zero-order valence-corrected chi connectivity index (χ0v) is 14.4. The lowest BCUT2D eigenvalue weighted by Crippen LogP contribution is -2.17. The van der Waals surface area contributed by atoms with Crippen LogP contribution in [-0.4, -0.2) is 30.3 Å². The summed E-state index contributed by atoms with van der Waals surface area (Å²) in [5, 5.41) is 12.0. The van der Waals surface area contributed by atoms with E-state index in [2.05, 4.69) is 6.92 Å². The standard InChI is InChI=1S/C19H25ClO3/c1-2-3-4-7-15(21)14-23-19-11-10-18(22-13-12-20)16-8-5-6-9-17(16)19/h5-6,8-11,15,21H,2-4,7,12-14H2,1H3. The minimum absolute atomic E-state index is 0.315. The second-order valence-electron chi connectivity index (χ2n) is 5.61. The lowest BCUT2D eigenvalue weighted by atomic mass is 10.1. The average Bonchev–Trinajstić information content (AvgIpc) is 2.58. The maximum Gasteiger partial charge on any atom is 0.127 e. The van der Waals surface area contributed by atoms with Gasteiger partial charge in [0.1, 0.15) is 24.7 Å². The van der Waals surface area contributed by atoms with Gasteiger partial charge in [0.05, 0.1) is 12.0 Å². The van der Waals surface area contributed by atoms with Crippen molar-refractivity contribution < 1.29 is 14.6 Å². The van der Waals surface area contributed by atoms with Gasteiger partial charge in [-0.15, -0.1) is 11.6 Å². The van der Waals surface area contributed by atoms with Crippen LogP contribution in [0.2, 0.25) is 0 Å². The third kappa shape index (κ3) is 5.29. The van der Waals surface area contributed by atoms with Crippen LogP contribution in [-0.2, 0) is 0 Å². The zero-order valence-electron chi connectivity index (χ0n) is 13.6. The van der Waals surface area contributed by atoms with Gasteiger partial charge in [-0.05, 0) is 18.6 Å². The number of benzene rings is 2. The number of hydrogen-bond donors (Lipinski definition) is 1. The molecule has 1 unspecified atom stereocenters. The number of alkyl halides is 1. The monoisotopic (exact) mass is 336 g/mol. The summed E-state index contributed by atoms with van der Waals surface area (Å²) in [7, 11) is 0. The van der Waals surface area contributed by atoms with Crippen molar-refractivity contribution in [3.8, 4) is 11.5 Å². The van der Waals surface area contributed by atoms with Crippen LogP contribution >= 0.6 is 11.6 Å². The minimum atomic E-state index is -0.424. The summed E-state index contributed by atoms with van der Waals surface area (Å²) < 4.78 is 11.5. The van der Waals surface area contributed by atoms with E-state index in [9.17, 15) is 5.11 Å². The van der Waals surface area contributed by atoms with Crippen molar-refractivity contribution in [2.75, 3.05) is 19.1 Å². The minimum Gasteiger partial charge on any atom is -0.492 e. The topological polar surface area (TPSA) is 38.7 Å². The van der Waals surface area contributed by atoms with Crippen molar-refractivity contribution in [3.05, 3.63) is 36.4 Å². The predicted molar refractivity (Wildman–Crippen MR) is 95.8 cm³/mol. The Morgan fingerprint density at radius 2 is 1.65 bits per heavy atom. The lowest BCUT2D eigenvalue weighted by Gasteiger charge is -2.15. The largest absolute Gasteiger partial charge is 0.492 e. The number of fused-ring (bicyclic) bond motifs is 1. The van der Waals surface area contributed by atoms with Crippen molar-refractivity contribution in [1.29, 1.82) is 0 Å². The van der Waals surface area contributed by atoms with Gasteiger partial charge >= 0.3 is 0 Å². The molecule has 3 nitrogen and oxygen atoms in total. The van der Waals surface area contributed by atoms with Crippen LogP contribution in [0, 0.1) is 0 Å². The maximum atomic E-state index is 10.0. The van der Waals surface area contributed by atoms with E-state index >= 15 is 0 Å². The summed E-state index contributed by atoms with van der Waals surface area (Å²) in [6.45, 7) is 2.94. The van der Waals surface area contributed by atoms with Crippen molar-refractivity contribution in [3.63, 3.8) is 0 Å². The van der Waals surface area contributed by atoms with Gasteiger partial charge < -0.3 is 14.6 Å². The van der Waals surface area contributed by atoms with Gasteiger partial charge in [-0.2, -0.15) is 0 Å². The smallest absolute Gasteiger partial charge is 0.127 e. The molecule has 1 atom stereocenters. The number of ether oxygens (including phenoxy) is 2. The molecule has 2 rings (SSSR count). The molecule has 23 heavy (non-hydrogen) atoms. The summed E-state index contributed by atoms with van der Waals surface area (Å²) in [6.07, 6.45) is 3.69. The fraction of sp³-hybridized carbons (Fsp3) is 0.474. The van der Waals surface area contributed by atoms with E-state index < -0.39 is 6.10 Å². The first-order chi connectivity index (χ1) is 11.3. The molecule has 126 valence electrons. The van der Waals surface area contributed by atoms with E-state index in [-0.39, 0.29) is 0 Å². The summed E-state index contributed by atoms with van der Waals surface area (Å²) in [5.74, 6) is 2.03. The molecule has 0 heterocycles. The number of hydrogen-bond acceptors (Lipinski definition) is 3. The summed E-state index contributed by atoms with van der Waals surface area (Å²) in [5.41, 5.74) is 0. The van der Waals surface area contributed by atoms with Gasteiger partial charge in [-0.1, -0.05) is 50.5 Å². The van der Waals surface area contributed by atoms with Crippen molar-refractivity contribution in [2.45, 2.75) is 38.7 Å². The SMILES string of the molecule is CCCCCC(O)COc1ccc(OCCCl)c2ccccc12. The Morgan fingerprint density at radius 3 is 2.26 bits per heavy atom. The second-order valence-corrected chi connectivity index (χ2v) is 5.98. The van der Waals surface area contributed by atoms with E-state index in [1.165, 1.54) is 0 Å². The normalized spacial score (nSPS) is 12.3. The van der Waals surface area contributed by atoms with Crippen molar-refractivity contribution in [1.82, 2.24) is 0 Å². The second kappa shape index (κ2) is 9.64. The summed E-state index contributed by atoms with van der Waals surface area (Å²) >= 11 is 5.69. The summed E-state index contributed by atoms with van der Waals surface area (Å²) in [6, 6.07) is 11.7. The molecule has 0 radical (unpaired) electrons. The first kappa shape index (κ1) is 17.9. The Kier molecular flexibility index (Phi) is 7.50. The first-order valence-electron chi connectivity index (χ1n) is 8.27. The van der Waals surface area contributed by atoms with Crippen LogP contribution in [0.25, 0.3) is 10.8 Å². The molecule has 0 aromatic heterocycles. The zero-order chi connectivity index (χ0) is 16.5. The molecule has 0 bridgehead atoms. The molecule has 1 N–H and O–H groups in total. The van der Waals surface area contributed by atoms with E-state index in [1.54, 1.807) is 0 Å². The Labute approximate surface area is 143 Å². The molecular weight excluding hydrogens is 312 g/mol. The summed E-state index contributed by atoms with van der Waals surface area (Å²) in [4.78, 5) is 0. The average molecular weight is 337 g/mol. The third-order valence-electron chi connectivity index (χ3n) is 3.75. The number of unbranched alkanes of at least 4 members (excludes halogenated alkanes) is 2. The molecular formula is C19H25ClO3. The molecule has 0 spiro atoms. The predicted octanol–water partition coefficient (Wildman–Crippen LogP) is 4.78. The molecule has 0 fully saturated rings. The highest BCUT2D eigenvalue weighted by Gasteiger charge is 2.10. The van der Waals surface area contributed by atoms with Crippen molar-refractivity contribution in [2.24, 2.45) is 0 Å². The van der Waals surface area contributed by atoms with Crippen LogP contribution < -0.4 is 9.47 Å². The van der Waals surface area contributed by atoms with Gasteiger partial charge in [-0.25, -0.2) is 0 Å². The van der Waals surface area contributed by atoms with Gasteiger partial charge in [0.15, 0.2) is 0 Å². The fourth-order valence-corrected chi connectivity index (χ4v) is 2.62. The molecule has 0 aliphatic heterocycles. The van der Waals surface area contributed by atoms with Crippen LogP contribution in [0.4, 0.5) is 0 Å². The highest BCUT2D eigenvalue weighted by Crippen LogP contribution is 2.33. The molecule has 0 amide bonds. The maximum absolute atomic E-state index is 10.0. The number of halogens is 1. The van der Waals surface area contributed by atoms with E-state index in [0.29, 0.717) is 19.1 Å². The third-order valence-corrected chi connectivity index (χ3v) is 3.91. The Bertz CT molecular complexity index is 600. The molecule has 0 saturated carbocycles. The van der Waals surface area contributed by atoms with E-state index in [4.69, 9.17) is 21.1 Å². The molecule has 4 heteroatoms. The van der Waals surface area contributed by atoms with Gasteiger partial charge in [0, 0.05) is 10.8 Å². The number of rotatable bonds is 10. The van der Waals surface area contributed by atoms with E-state index in [1.807, 2.05) is 36.4 Å². The van der Waals surface area contributed by atoms with Crippen molar-refractivity contribution >= 4 is 22.4 Å². The highest BCUT2D eigenvalue weighted by atomic mass is 35.5. The van der Waals surface area contributed by atoms with Crippen LogP contribution in [0.3, 0.4) is 0 Å². The lowest BCUT2D eigenvalue weighted by molar-refractivity contribution is 0.0984. The van der Waals surface area contributed by atoms with Gasteiger partial charge in [-0.3, -0.25) is 0 Å². The number of aliphatic hydroxyl groups excluding tert-OH is 1. The highest BCUT2D eigenvalue weighted by molar-refractivity contribution is 6.18. The number of aliphatic hydroxyl groups is 1. The first-order valence-corrected chi connectivity index (χ1v) is 8.81.